The third-order valence-corrected chi connectivity index (χ3v) is 9.87. The van der Waals surface area contributed by atoms with Gasteiger partial charge in [-0.1, -0.05) is 36.4 Å². The van der Waals surface area contributed by atoms with E-state index in [0.717, 1.165) is 48.7 Å². The van der Waals surface area contributed by atoms with Gasteiger partial charge in [-0.2, -0.15) is 13.2 Å². The molecule has 1 amide bonds. The summed E-state index contributed by atoms with van der Waals surface area (Å²) in [5.74, 6) is -15.5. The van der Waals surface area contributed by atoms with Crippen LogP contribution in [0.25, 0.3) is 0 Å². The summed E-state index contributed by atoms with van der Waals surface area (Å²) in [6.45, 7) is 3.53. The zero-order chi connectivity index (χ0) is 52.1. The highest BCUT2D eigenvalue weighted by Gasteiger charge is 2.61. The molecule has 0 aliphatic carbocycles. The van der Waals surface area contributed by atoms with E-state index in [4.69, 9.17) is 62.3 Å². The van der Waals surface area contributed by atoms with Crippen molar-refractivity contribution >= 4 is 59.6 Å². The summed E-state index contributed by atoms with van der Waals surface area (Å²) in [7, 11) is 0.828. The van der Waals surface area contributed by atoms with Crippen molar-refractivity contribution in [3.8, 4) is 0 Å². The van der Waals surface area contributed by atoms with Gasteiger partial charge in [0.25, 0.3) is 11.7 Å². The Morgan fingerprint density at radius 3 is 1.73 bits per heavy atom. The van der Waals surface area contributed by atoms with E-state index in [-0.39, 0.29) is 11.1 Å². The first-order valence-corrected chi connectivity index (χ1v) is 20.8. The quantitative estimate of drug-likeness (QED) is 0.0936. The summed E-state index contributed by atoms with van der Waals surface area (Å²) in [6.07, 6.45) is -25.4. The number of halogens is 3. The molecular formula is C44H49F3N2O21. The summed E-state index contributed by atoms with van der Waals surface area (Å²) < 4.78 is 109. The number of esters is 8. The van der Waals surface area contributed by atoms with Gasteiger partial charge in [0.05, 0.1) is 37.3 Å². The lowest BCUT2D eigenvalue weighted by Gasteiger charge is -2.49. The van der Waals surface area contributed by atoms with Crippen LogP contribution in [0.1, 0.15) is 68.7 Å². The van der Waals surface area contributed by atoms with E-state index in [9.17, 15) is 56.3 Å². The number of nitrogens with one attached hydrogen (secondary N) is 2. The molecule has 23 nitrogen and oxygen atoms in total. The van der Waals surface area contributed by atoms with Crippen LogP contribution in [0.2, 0.25) is 0 Å². The molecule has 11 atom stereocenters. The van der Waals surface area contributed by atoms with Crippen molar-refractivity contribution in [1.29, 1.82) is 5.41 Å². The van der Waals surface area contributed by atoms with E-state index in [2.05, 4.69) is 5.32 Å². The van der Waals surface area contributed by atoms with Gasteiger partial charge in [-0.25, -0.2) is 14.4 Å². The third kappa shape index (κ3) is 15.2. The molecule has 382 valence electrons. The first kappa shape index (κ1) is 55.4. The predicted molar refractivity (Wildman–Crippen MR) is 221 cm³/mol. The van der Waals surface area contributed by atoms with Crippen molar-refractivity contribution in [2.24, 2.45) is 0 Å². The summed E-state index contributed by atoms with van der Waals surface area (Å²) in [4.78, 5) is 117. The second-order valence-corrected chi connectivity index (χ2v) is 15.3. The Balaban J connectivity index is 1.94. The van der Waals surface area contributed by atoms with Crippen LogP contribution in [-0.2, 0) is 90.4 Å². The number of methoxy groups -OCH3 is 1. The molecule has 0 saturated carbocycles. The molecule has 2 saturated heterocycles. The summed E-state index contributed by atoms with van der Waals surface area (Å²) >= 11 is 0. The Morgan fingerprint density at radius 2 is 1.26 bits per heavy atom. The van der Waals surface area contributed by atoms with Crippen LogP contribution >= 0.6 is 0 Å². The molecule has 0 bridgehead atoms. The van der Waals surface area contributed by atoms with Crippen LogP contribution in [0.3, 0.4) is 0 Å². The summed E-state index contributed by atoms with van der Waals surface area (Å²) in [6, 6.07) is 12.1. The van der Waals surface area contributed by atoms with Crippen molar-refractivity contribution in [3.63, 3.8) is 0 Å². The van der Waals surface area contributed by atoms with Gasteiger partial charge in [-0.05, 0) is 24.3 Å². The van der Waals surface area contributed by atoms with Crippen LogP contribution in [0.15, 0.2) is 60.7 Å². The molecule has 2 aliphatic heterocycles. The van der Waals surface area contributed by atoms with Crippen molar-refractivity contribution in [2.75, 3.05) is 20.3 Å². The summed E-state index contributed by atoms with van der Waals surface area (Å²) in [5.41, 5.74) is -0.355. The maximum atomic E-state index is 14.1. The number of hydrogen-bond donors (Lipinski definition) is 2. The van der Waals surface area contributed by atoms with Gasteiger partial charge in [0, 0.05) is 41.5 Å². The average Bonchev–Trinajstić information content (AvgIpc) is 3.28. The molecule has 2 aliphatic rings. The predicted octanol–water partition coefficient (Wildman–Crippen LogP) is 2.19. The van der Waals surface area contributed by atoms with E-state index in [1.165, 1.54) is 60.7 Å². The van der Waals surface area contributed by atoms with Gasteiger partial charge in [-0.15, -0.1) is 0 Å². The zero-order valence-electron chi connectivity index (χ0n) is 38.4. The Kier molecular flexibility index (Phi) is 19.3. The third-order valence-electron chi connectivity index (χ3n) is 9.87. The number of alkyl halides is 3. The van der Waals surface area contributed by atoms with Gasteiger partial charge < -0.3 is 62.2 Å². The molecule has 2 aromatic carbocycles. The first-order chi connectivity index (χ1) is 32.8. The topological polar surface area (TPSA) is 300 Å². The van der Waals surface area contributed by atoms with Crippen LogP contribution in [-0.4, -0.2) is 153 Å². The number of carbonyl (C=O) groups is 9. The molecule has 0 radical (unpaired) electrons. The molecule has 1 unspecified atom stereocenters. The highest BCUT2D eigenvalue weighted by Crippen LogP contribution is 2.39. The van der Waals surface area contributed by atoms with E-state index in [1.807, 2.05) is 0 Å². The van der Waals surface area contributed by atoms with Gasteiger partial charge in [-0.3, -0.25) is 34.2 Å². The lowest BCUT2D eigenvalue weighted by Crippen LogP contribution is -2.70. The molecule has 4 rings (SSSR count). The van der Waals surface area contributed by atoms with Crippen LogP contribution in [0.4, 0.5) is 13.2 Å². The minimum atomic E-state index is -5.51. The van der Waals surface area contributed by atoms with Gasteiger partial charge in [0.1, 0.15) is 24.9 Å². The number of ether oxygens (including phenoxy) is 12. The fourth-order valence-corrected chi connectivity index (χ4v) is 7.18. The van der Waals surface area contributed by atoms with Crippen molar-refractivity contribution in [2.45, 2.75) is 121 Å². The van der Waals surface area contributed by atoms with Crippen LogP contribution < -0.4 is 5.32 Å². The fraction of sp³-hybridized carbons (Fsp3) is 0.500. The number of amides is 1. The number of benzene rings is 2. The molecule has 2 N–H and O–H groups in total. The van der Waals surface area contributed by atoms with E-state index in [0.29, 0.717) is 0 Å². The lowest BCUT2D eigenvalue weighted by molar-refractivity contribution is -0.335. The standard InChI is InChI=1S/C44H49F3N2O21/c1-21(50)49-32-29(62-23(3)52)18-43(42(58)59-7,70-35(32)33(64-25(5)54)30(63-24(4)53)19-60-22(2)51)61-20-31-34(65-26(6)55)36(67-38(56)27-14-10-8-11-15-27)37(40(66-31)69-41(48)44(45,46)47)68-39(57)28-16-12-9-13-17-28/h8-17,29-37,40,48H,18-20H2,1-7H3,(H,49,50)/t29-,30+,31+,32+,33+,34-,35+,36-,37+,40?,43+/m0/s1. The minimum absolute atomic E-state index is 0.170. The average molecular weight is 999 g/mol. The van der Waals surface area contributed by atoms with Crippen LogP contribution in [0.5, 0.6) is 0 Å². The Morgan fingerprint density at radius 1 is 0.714 bits per heavy atom. The maximum absolute atomic E-state index is 14.1. The van der Waals surface area contributed by atoms with E-state index in [1.54, 1.807) is 0 Å². The molecule has 2 aromatic rings. The second-order valence-electron chi connectivity index (χ2n) is 15.3. The molecular weight excluding hydrogens is 949 g/mol. The monoisotopic (exact) mass is 998 g/mol. The van der Waals surface area contributed by atoms with E-state index < -0.39 is 152 Å². The lowest BCUT2D eigenvalue weighted by atomic mass is 9.87. The fourth-order valence-electron chi connectivity index (χ4n) is 7.18. The molecule has 0 aromatic heterocycles. The Bertz CT molecular complexity index is 2250. The van der Waals surface area contributed by atoms with Gasteiger partial charge in [0.2, 0.25) is 18.3 Å². The molecule has 2 fully saturated rings. The molecule has 2 heterocycles. The van der Waals surface area contributed by atoms with Gasteiger partial charge in [0.15, 0.2) is 24.4 Å². The van der Waals surface area contributed by atoms with E-state index >= 15 is 0 Å². The molecule has 70 heavy (non-hydrogen) atoms. The molecule has 26 heteroatoms. The largest absolute Gasteiger partial charge is 0.467 e. The highest BCUT2D eigenvalue weighted by molar-refractivity contribution is 5.90. The smallest absolute Gasteiger partial charge is 0.465 e. The minimum Gasteiger partial charge on any atom is -0.465 e. The molecule has 0 spiro atoms. The highest BCUT2D eigenvalue weighted by atomic mass is 19.4. The normalized spacial score (nSPS) is 24.9. The van der Waals surface area contributed by atoms with Crippen LogP contribution in [0, 0.1) is 5.41 Å². The number of carbonyl (C=O) groups excluding carboxylic acids is 9. The second kappa shape index (κ2) is 24.4. The summed E-state index contributed by atoms with van der Waals surface area (Å²) in [5, 5.41) is 10.2. The zero-order valence-corrected chi connectivity index (χ0v) is 38.4. The Hall–Kier alpha value is -7.19. The number of rotatable bonds is 18. The van der Waals surface area contributed by atoms with Crippen molar-refractivity contribution in [3.05, 3.63) is 71.8 Å². The van der Waals surface area contributed by atoms with Gasteiger partial charge >= 0.3 is 53.9 Å². The first-order valence-electron chi connectivity index (χ1n) is 20.8. The number of hydrogen-bond acceptors (Lipinski definition) is 22. The Labute approximate surface area is 396 Å². The maximum Gasteiger partial charge on any atom is 0.467 e. The van der Waals surface area contributed by atoms with Crippen molar-refractivity contribution in [1.82, 2.24) is 5.32 Å². The van der Waals surface area contributed by atoms with Crippen molar-refractivity contribution < 1.29 is 113 Å². The SMILES string of the molecule is COC(=O)[C@@]1(OC[C@H]2OC(OC(=N)C(F)(F)F)[C@H](OC(=O)c3ccccc3)[C@@H](OC(=O)c3ccccc3)[C@H]2OC(C)=O)C[C@H](OC(C)=O)[C@@H](NC(C)=O)[C@H]([C@H](OC(C)=O)[C@@H](COC(C)=O)OC(C)=O)O1.